The Bertz CT molecular complexity index is 1100. The molecule has 2 aromatic carbocycles. The Morgan fingerprint density at radius 3 is 2.45 bits per heavy atom. The van der Waals surface area contributed by atoms with E-state index in [-0.39, 0.29) is 46.9 Å². The third-order valence-electron chi connectivity index (χ3n) is 5.27. The SMILES string of the molecule is COc1ccc(Cl)c(/C(O)=C2\C(=O)C(=O)N(CCOC(C)C)C2c2ccc(OC)c(O)c2)c1. The van der Waals surface area contributed by atoms with Crippen LogP contribution in [0.2, 0.25) is 5.02 Å². The molecule has 2 N–H and O–H groups in total. The number of ketones is 1. The van der Waals surface area contributed by atoms with Gasteiger partial charge in [-0.3, -0.25) is 9.59 Å². The maximum absolute atomic E-state index is 13.1. The van der Waals surface area contributed by atoms with E-state index >= 15 is 0 Å². The summed E-state index contributed by atoms with van der Waals surface area (Å²) in [6.45, 7) is 4.00. The van der Waals surface area contributed by atoms with Crippen molar-refractivity contribution in [1.82, 2.24) is 4.90 Å². The Labute approximate surface area is 196 Å². The van der Waals surface area contributed by atoms with Crippen molar-refractivity contribution in [2.75, 3.05) is 27.4 Å². The summed E-state index contributed by atoms with van der Waals surface area (Å²) in [5.41, 5.74) is 0.414. The summed E-state index contributed by atoms with van der Waals surface area (Å²) in [5.74, 6) is -1.61. The molecular weight excluding hydrogens is 450 g/mol. The molecule has 1 amide bonds. The molecule has 0 bridgehead atoms. The summed E-state index contributed by atoms with van der Waals surface area (Å²) in [7, 11) is 2.87. The van der Waals surface area contributed by atoms with Gasteiger partial charge in [0.2, 0.25) is 0 Å². The molecular formula is C24H26ClNO7. The maximum Gasteiger partial charge on any atom is 0.295 e. The van der Waals surface area contributed by atoms with Crippen LogP contribution in [0.5, 0.6) is 17.2 Å². The normalized spacial score (nSPS) is 17.6. The number of benzene rings is 2. The first-order chi connectivity index (χ1) is 15.7. The summed E-state index contributed by atoms with van der Waals surface area (Å²) in [6.07, 6.45) is -0.0686. The highest BCUT2D eigenvalue weighted by atomic mass is 35.5. The van der Waals surface area contributed by atoms with Crippen molar-refractivity contribution in [2.24, 2.45) is 0 Å². The molecule has 0 saturated carbocycles. The van der Waals surface area contributed by atoms with E-state index in [0.717, 1.165) is 0 Å². The lowest BCUT2D eigenvalue weighted by Gasteiger charge is -2.26. The number of hydrogen-bond donors (Lipinski definition) is 2. The summed E-state index contributed by atoms with van der Waals surface area (Å²) in [5, 5.41) is 21.7. The molecule has 9 heteroatoms. The fourth-order valence-electron chi connectivity index (χ4n) is 3.68. The van der Waals surface area contributed by atoms with Crippen molar-refractivity contribution in [3.05, 3.63) is 58.1 Å². The summed E-state index contributed by atoms with van der Waals surface area (Å²) in [6, 6.07) is 8.18. The van der Waals surface area contributed by atoms with Crippen LogP contribution >= 0.6 is 11.6 Å². The van der Waals surface area contributed by atoms with Gasteiger partial charge in [0.05, 0.1) is 43.6 Å². The number of rotatable bonds is 8. The van der Waals surface area contributed by atoms with Gasteiger partial charge in [-0.25, -0.2) is 0 Å². The van der Waals surface area contributed by atoms with E-state index in [4.69, 9.17) is 25.8 Å². The predicted octanol–water partition coefficient (Wildman–Crippen LogP) is 3.91. The molecule has 0 aromatic heterocycles. The zero-order valence-electron chi connectivity index (χ0n) is 18.8. The second kappa shape index (κ2) is 10.1. The van der Waals surface area contributed by atoms with Crippen LogP contribution in [-0.2, 0) is 14.3 Å². The molecule has 1 aliphatic heterocycles. The van der Waals surface area contributed by atoms with E-state index in [1.165, 1.54) is 43.4 Å². The summed E-state index contributed by atoms with van der Waals surface area (Å²) < 4.78 is 15.9. The third kappa shape index (κ3) is 4.91. The number of amides is 1. The molecule has 0 radical (unpaired) electrons. The summed E-state index contributed by atoms with van der Waals surface area (Å²) >= 11 is 6.29. The maximum atomic E-state index is 13.1. The number of nitrogens with zero attached hydrogens (tertiary/aromatic N) is 1. The number of aliphatic hydroxyl groups excluding tert-OH is 1. The zero-order chi connectivity index (χ0) is 24.3. The molecule has 0 aliphatic carbocycles. The van der Waals surface area contributed by atoms with Gasteiger partial charge in [-0.2, -0.15) is 0 Å². The van der Waals surface area contributed by atoms with Gasteiger partial charge in [0.1, 0.15) is 11.5 Å². The van der Waals surface area contributed by atoms with Crippen LogP contribution in [0, 0.1) is 0 Å². The van der Waals surface area contributed by atoms with Crippen LogP contribution in [0.4, 0.5) is 0 Å². The highest BCUT2D eigenvalue weighted by Crippen LogP contribution is 2.42. The highest BCUT2D eigenvalue weighted by molar-refractivity contribution is 6.47. The second-order valence-corrected chi connectivity index (χ2v) is 8.10. The number of ether oxygens (including phenoxy) is 3. The van der Waals surface area contributed by atoms with E-state index in [1.807, 2.05) is 13.8 Å². The lowest BCUT2D eigenvalue weighted by molar-refractivity contribution is -0.140. The summed E-state index contributed by atoms with van der Waals surface area (Å²) in [4.78, 5) is 27.3. The first-order valence-corrected chi connectivity index (χ1v) is 10.7. The predicted molar refractivity (Wildman–Crippen MR) is 123 cm³/mol. The minimum Gasteiger partial charge on any atom is -0.507 e. The van der Waals surface area contributed by atoms with Crippen LogP contribution in [0.15, 0.2) is 42.0 Å². The van der Waals surface area contributed by atoms with Crippen LogP contribution in [-0.4, -0.2) is 60.3 Å². The van der Waals surface area contributed by atoms with Gasteiger partial charge in [0.15, 0.2) is 11.5 Å². The minimum absolute atomic E-state index is 0.0686. The van der Waals surface area contributed by atoms with E-state index in [1.54, 1.807) is 12.1 Å². The molecule has 176 valence electrons. The standard InChI is InChI=1S/C24H26ClNO7/c1-13(2)33-10-9-26-21(14-5-8-19(32-4)18(27)11-14)20(23(29)24(26)30)22(28)16-12-15(31-3)6-7-17(16)25/h5-8,11-13,21,27-28H,9-10H2,1-4H3/b22-20+. The molecule has 2 aromatic rings. The Kier molecular flexibility index (Phi) is 7.50. The Hall–Kier alpha value is -3.23. The van der Waals surface area contributed by atoms with Gasteiger partial charge in [0, 0.05) is 12.1 Å². The number of hydrogen-bond acceptors (Lipinski definition) is 7. The third-order valence-corrected chi connectivity index (χ3v) is 5.60. The molecule has 1 heterocycles. The molecule has 1 fully saturated rings. The number of carbonyl (C=O) groups excluding carboxylic acids is 2. The van der Waals surface area contributed by atoms with Crippen LogP contribution in [0.1, 0.15) is 31.0 Å². The van der Waals surface area contributed by atoms with Gasteiger partial charge in [0.25, 0.3) is 11.7 Å². The number of carbonyl (C=O) groups is 2. The molecule has 1 atom stereocenters. The highest BCUT2D eigenvalue weighted by Gasteiger charge is 2.46. The van der Waals surface area contributed by atoms with Crippen molar-refractivity contribution in [3.8, 4) is 17.2 Å². The van der Waals surface area contributed by atoms with Gasteiger partial charge in [-0.1, -0.05) is 17.7 Å². The molecule has 1 unspecified atom stereocenters. The first-order valence-electron chi connectivity index (χ1n) is 10.3. The second-order valence-electron chi connectivity index (χ2n) is 7.69. The van der Waals surface area contributed by atoms with Gasteiger partial charge in [-0.15, -0.1) is 0 Å². The first kappa shape index (κ1) is 24.4. The number of likely N-dealkylation sites (tertiary alicyclic amines) is 1. The van der Waals surface area contributed by atoms with E-state index in [0.29, 0.717) is 11.3 Å². The lowest BCUT2D eigenvalue weighted by Crippen LogP contribution is -2.33. The smallest absolute Gasteiger partial charge is 0.295 e. The molecule has 33 heavy (non-hydrogen) atoms. The number of Topliss-reactive ketones (excluding diaryl/α,β-unsaturated/α-hetero) is 1. The number of halogens is 1. The number of aliphatic hydroxyl groups is 1. The molecule has 1 aliphatic rings. The van der Waals surface area contributed by atoms with Crippen LogP contribution < -0.4 is 9.47 Å². The van der Waals surface area contributed by atoms with Crippen molar-refractivity contribution in [2.45, 2.75) is 26.0 Å². The Morgan fingerprint density at radius 2 is 1.85 bits per heavy atom. The zero-order valence-corrected chi connectivity index (χ0v) is 19.5. The fourth-order valence-corrected chi connectivity index (χ4v) is 3.89. The van der Waals surface area contributed by atoms with Crippen LogP contribution in [0.25, 0.3) is 5.76 Å². The van der Waals surface area contributed by atoms with E-state index in [2.05, 4.69) is 0 Å². The van der Waals surface area contributed by atoms with E-state index in [9.17, 15) is 19.8 Å². The average molecular weight is 476 g/mol. The number of phenols is 1. The average Bonchev–Trinajstić information content (AvgIpc) is 3.03. The minimum atomic E-state index is -0.972. The Balaban J connectivity index is 2.17. The van der Waals surface area contributed by atoms with Crippen molar-refractivity contribution >= 4 is 29.1 Å². The molecule has 1 saturated heterocycles. The largest absolute Gasteiger partial charge is 0.507 e. The molecule has 3 rings (SSSR count). The monoisotopic (exact) mass is 475 g/mol. The van der Waals surface area contributed by atoms with Gasteiger partial charge in [-0.05, 0) is 49.7 Å². The van der Waals surface area contributed by atoms with Crippen LogP contribution in [0.3, 0.4) is 0 Å². The lowest BCUT2D eigenvalue weighted by atomic mass is 9.95. The van der Waals surface area contributed by atoms with Crippen molar-refractivity contribution in [3.63, 3.8) is 0 Å². The molecule has 8 nitrogen and oxygen atoms in total. The van der Waals surface area contributed by atoms with Crippen molar-refractivity contribution in [1.29, 1.82) is 0 Å². The molecule has 0 spiro atoms. The fraction of sp³-hybridized carbons (Fsp3) is 0.333. The Morgan fingerprint density at radius 1 is 1.12 bits per heavy atom. The van der Waals surface area contributed by atoms with Gasteiger partial charge < -0.3 is 29.3 Å². The van der Waals surface area contributed by atoms with Crippen molar-refractivity contribution < 1.29 is 34.0 Å². The number of methoxy groups -OCH3 is 2. The number of aromatic hydroxyl groups is 1. The van der Waals surface area contributed by atoms with E-state index < -0.39 is 23.5 Å². The topological polar surface area (TPSA) is 106 Å². The van der Waals surface area contributed by atoms with Gasteiger partial charge >= 0.3 is 0 Å². The quantitative estimate of drug-likeness (QED) is 0.338. The number of phenolic OH excluding ortho intramolecular Hbond substituents is 1.